The Balaban J connectivity index is 0.00000137. The van der Waals surface area contributed by atoms with Gasteiger partial charge in [-0.1, -0.05) is 27.7 Å². The summed E-state index contributed by atoms with van der Waals surface area (Å²) in [5.74, 6) is 1.03. The van der Waals surface area contributed by atoms with Gasteiger partial charge in [0.15, 0.2) is 7.11 Å². The molecule has 0 aliphatic rings. The number of anilines is 1. The number of hydrogen-bond donors (Lipinski definition) is 1. The second-order valence-electron chi connectivity index (χ2n) is 3.87. The van der Waals surface area contributed by atoms with Crippen LogP contribution in [-0.4, -0.2) is 18.6 Å². The third kappa shape index (κ3) is 5.03. The third-order valence-corrected chi connectivity index (χ3v) is 1.95. The average Bonchev–Trinajstić information content (AvgIpc) is 2.39. The van der Waals surface area contributed by atoms with Crippen molar-refractivity contribution in [1.82, 2.24) is 0 Å². The number of nitrogens with zero attached hydrogens (tertiary/aromatic N) is 1. The quantitative estimate of drug-likeness (QED) is 0.647. The van der Waals surface area contributed by atoms with Crippen molar-refractivity contribution in [3.05, 3.63) is 23.1 Å². The Bertz CT molecular complexity index is 378. The highest BCUT2D eigenvalue weighted by molar-refractivity contribution is 5.60. The lowest BCUT2D eigenvalue weighted by Crippen LogP contribution is -2.06. The average molecular weight is 255 g/mol. The van der Waals surface area contributed by atoms with Crippen molar-refractivity contribution in [3.8, 4) is 5.75 Å². The summed E-state index contributed by atoms with van der Waals surface area (Å²) in [6.07, 6.45) is 0. The molecule has 0 saturated heterocycles. The smallest absolute Gasteiger partial charge is 0.343 e. The predicted octanol–water partition coefficient (Wildman–Crippen LogP) is 3.30. The van der Waals surface area contributed by atoms with E-state index in [1.165, 1.54) is 7.11 Å². The van der Waals surface area contributed by atoms with E-state index in [4.69, 9.17) is 10.5 Å². The van der Waals surface area contributed by atoms with E-state index in [9.17, 15) is 4.91 Å². The van der Waals surface area contributed by atoms with Gasteiger partial charge in [0.1, 0.15) is 11.4 Å². The van der Waals surface area contributed by atoms with E-state index < -0.39 is 0 Å². The predicted molar refractivity (Wildman–Crippen MR) is 72.8 cm³/mol. The minimum Gasteiger partial charge on any atom is -0.493 e. The Morgan fingerprint density at radius 1 is 1.33 bits per heavy atom. The monoisotopic (exact) mass is 255 g/mol. The standard InChI is InChI=1S/C11H17N2O3.C2H6/c1-8(2)7-16-9-4-5-10(12)11(6-9)13(14)15-3;1-2/h4-6,8H,7,12H2,1-3H3;1-2H3/q+1;. The highest BCUT2D eigenvalue weighted by Gasteiger charge is 2.20. The summed E-state index contributed by atoms with van der Waals surface area (Å²) < 4.78 is 5.48. The SMILES string of the molecule is CC.CO[N+](=O)c1cc(OCC(C)C)ccc1N. The van der Waals surface area contributed by atoms with Gasteiger partial charge in [-0.15, -0.1) is 0 Å². The van der Waals surface area contributed by atoms with Gasteiger partial charge in [-0.25, -0.2) is 4.84 Å². The molecule has 0 aliphatic heterocycles. The number of ether oxygens (including phenoxy) is 1. The first kappa shape index (κ1) is 16.2. The first-order chi connectivity index (χ1) is 8.54. The molecule has 5 nitrogen and oxygen atoms in total. The number of hydrogen-bond acceptors (Lipinski definition) is 4. The van der Waals surface area contributed by atoms with Gasteiger partial charge in [0.25, 0.3) is 4.92 Å². The van der Waals surface area contributed by atoms with Gasteiger partial charge in [0, 0.05) is 0 Å². The minimum absolute atomic E-state index is 0.253. The molecular formula is C13H23N2O3+. The Kier molecular flexibility index (Phi) is 7.51. The summed E-state index contributed by atoms with van der Waals surface area (Å²) in [6.45, 7) is 8.69. The molecule has 0 aliphatic carbocycles. The Labute approximate surface area is 108 Å². The molecular weight excluding hydrogens is 232 g/mol. The van der Waals surface area contributed by atoms with E-state index in [1.807, 2.05) is 27.7 Å². The van der Waals surface area contributed by atoms with Crippen LogP contribution in [0.2, 0.25) is 0 Å². The van der Waals surface area contributed by atoms with Crippen LogP contribution in [0.25, 0.3) is 0 Å². The van der Waals surface area contributed by atoms with Crippen molar-refractivity contribution in [3.63, 3.8) is 0 Å². The van der Waals surface area contributed by atoms with Crippen LogP contribution in [0, 0.1) is 10.8 Å². The first-order valence-electron chi connectivity index (χ1n) is 6.08. The fourth-order valence-electron chi connectivity index (χ4n) is 1.13. The fourth-order valence-corrected chi connectivity index (χ4v) is 1.13. The van der Waals surface area contributed by atoms with E-state index in [1.54, 1.807) is 18.2 Å². The van der Waals surface area contributed by atoms with Gasteiger partial charge < -0.3 is 10.5 Å². The van der Waals surface area contributed by atoms with Crippen LogP contribution >= 0.6 is 0 Å². The fraction of sp³-hybridized carbons (Fsp3) is 0.538. The molecule has 0 aromatic heterocycles. The van der Waals surface area contributed by atoms with Gasteiger partial charge in [-0.3, -0.25) is 0 Å². The van der Waals surface area contributed by atoms with Crippen LogP contribution in [0.4, 0.5) is 11.4 Å². The molecule has 1 aromatic rings. The molecule has 0 amide bonds. The molecule has 0 bridgehead atoms. The summed E-state index contributed by atoms with van der Waals surface area (Å²) in [7, 11) is 1.29. The van der Waals surface area contributed by atoms with Crippen molar-refractivity contribution in [2.24, 2.45) is 5.92 Å². The Morgan fingerprint density at radius 3 is 2.44 bits per heavy atom. The van der Waals surface area contributed by atoms with Crippen LogP contribution in [-0.2, 0) is 4.84 Å². The number of nitrogens with two attached hydrogens (primary N) is 1. The maximum absolute atomic E-state index is 11.3. The number of benzene rings is 1. The van der Waals surface area contributed by atoms with Crippen LogP contribution in [0.15, 0.2) is 18.2 Å². The molecule has 1 aromatic carbocycles. The van der Waals surface area contributed by atoms with Gasteiger partial charge in [-0.2, -0.15) is 0 Å². The normalized spacial score (nSPS) is 9.44. The summed E-state index contributed by atoms with van der Waals surface area (Å²) in [5, 5.41) is 0. The lowest BCUT2D eigenvalue weighted by atomic mass is 10.2. The largest absolute Gasteiger partial charge is 0.493 e. The van der Waals surface area contributed by atoms with E-state index >= 15 is 0 Å². The second-order valence-corrected chi connectivity index (χ2v) is 3.87. The highest BCUT2D eigenvalue weighted by Crippen LogP contribution is 2.27. The maximum atomic E-state index is 11.3. The van der Waals surface area contributed by atoms with E-state index in [0.717, 1.165) is 0 Å². The van der Waals surface area contributed by atoms with Crippen molar-refractivity contribution in [2.75, 3.05) is 19.5 Å². The Hall–Kier alpha value is -1.78. The van der Waals surface area contributed by atoms with Crippen LogP contribution in [0.5, 0.6) is 5.75 Å². The lowest BCUT2D eigenvalue weighted by Gasteiger charge is -2.08. The van der Waals surface area contributed by atoms with E-state index in [2.05, 4.69) is 4.84 Å². The van der Waals surface area contributed by atoms with Crippen LogP contribution in [0.1, 0.15) is 27.7 Å². The molecule has 5 heteroatoms. The number of rotatable bonds is 5. The zero-order chi connectivity index (χ0) is 14.1. The summed E-state index contributed by atoms with van der Waals surface area (Å²) in [5.41, 5.74) is 6.25. The molecule has 0 radical (unpaired) electrons. The van der Waals surface area contributed by atoms with Crippen molar-refractivity contribution < 1.29 is 14.5 Å². The Morgan fingerprint density at radius 2 is 1.94 bits per heavy atom. The summed E-state index contributed by atoms with van der Waals surface area (Å²) >= 11 is 0. The molecule has 0 saturated carbocycles. The van der Waals surface area contributed by atoms with Gasteiger partial charge in [-0.05, 0) is 18.1 Å². The molecule has 102 valence electrons. The second kappa shape index (κ2) is 8.33. The minimum atomic E-state index is 0.253. The highest BCUT2D eigenvalue weighted by atomic mass is 16.8. The van der Waals surface area contributed by atoms with Crippen LogP contribution < -0.4 is 10.5 Å². The molecule has 1 rings (SSSR count). The van der Waals surface area contributed by atoms with Crippen molar-refractivity contribution in [1.29, 1.82) is 0 Å². The molecule has 18 heavy (non-hydrogen) atoms. The molecule has 0 atom stereocenters. The lowest BCUT2D eigenvalue weighted by molar-refractivity contribution is -0.736. The maximum Gasteiger partial charge on any atom is 0.343 e. The van der Waals surface area contributed by atoms with Gasteiger partial charge in [0.05, 0.1) is 17.6 Å². The molecule has 0 fully saturated rings. The summed E-state index contributed by atoms with van der Waals surface area (Å²) in [4.78, 5) is 16.2. The van der Waals surface area contributed by atoms with Gasteiger partial charge >= 0.3 is 5.69 Å². The first-order valence-corrected chi connectivity index (χ1v) is 6.08. The van der Waals surface area contributed by atoms with Crippen LogP contribution in [0.3, 0.4) is 0 Å². The zero-order valence-corrected chi connectivity index (χ0v) is 11.8. The summed E-state index contributed by atoms with van der Waals surface area (Å²) in [6, 6.07) is 4.91. The topological polar surface area (TPSA) is 64.6 Å². The molecule has 0 heterocycles. The van der Waals surface area contributed by atoms with E-state index in [0.29, 0.717) is 28.9 Å². The molecule has 0 unspecified atom stereocenters. The molecule has 2 N–H and O–H groups in total. The van der Waals surface area contributed by atoms with Crippen molar-refractivity contribution >= 4 is 11.4 Å². The third-order valence-electron chi connectivity index (χ3n) is 1.95. The zero-order valence-electron chi connectivity index (χ0n) is 11.8. The number of nitrogen functional groups attached to an aromatic ring is 1. The van der Waals surface area contributed by atoms with Gasteiger partial charge in [0.2, 0.25) is 0 Å². The van der Waals surface area contributed by atoms with Crippen molar-refractivity contribution in [2.45, 2.75) is 27.7 Å². The molecule has 0 spiro atoms. The van der Waals surface area contributed by atoms with E-state index in [-0.39, 0.29) is 5.69 Å².